The highest BCUT2D eigenvalue weighted by atomic mass is 16.7. The van der Waals surface area contributed by atoms with E-state index in [9.17, 15) is 9.59 Å². The molecule has 8 heteroatoms. The topological polar surface area (TPSA) is 74.3 Å². The third kappa shape index (κ3) is 7.25. The van der Waals surface area contributed by atoms with Crippen molar-refractivity contribution in [2.75, 3.05) is 52.5 Å². The molecular weight excluding hydrogens is 468 g/mol. The Kier molecular flexibility index (Phi) is 9.92. The molecule has 37 heavy (non-hydrogen) atoms. The van der Waals surface area contributed by atoms with Crippen LogP contribution in [0.25, 0.3) is 0 Å². The van der Waals surface area contributed by atoms with E-state index in [2.05, 4.69) is 44.8 Å². The van der Waals surface area contributed by atoms with Gasteiger partial charge in [-0.05, 0) is 70.5 Å². The number of carbonyl (C=O) groups is 2. The summed E-state index contributed by atoms with van der Waals surface area (Å²) in [6.07, 6.45) is 6.35. The molecule has 4 saturated heterocycles. The van der Waals surface area contributed by atoms with Crippen molar-refractivity contribution in [2.24, 2.45) is 17.8 Å². The molecule has 0 aliphatic carbocycles. The Bertz CT molecular complexity index is 761. The highest BCUT2D eigenvalue weighted by molar-refractivity contribution is 5.90. The van der Waals surface area contributed by atoms with Crippen molar-refractivity contribution in [3.05, 3.63) is 0 Å². The Hall–Kier alpha value is -1.22. The number of hydrogen-bond donors (Lipinski definition) is 1. The molecule has 0 saturated carbocycles. The Balaban J connectivity index is 1.39. The number of amides is 2. The van der Waals surface area contributed by atoms with Gasteiger partial charge in [0, 0.05) is 44.4 Å². The predicted molar refractivity (Wildman–Crippen MR) is 145 cm³/mol. The van der Waals surface area contributed by atoms with Crippen molar-refractivity contribution in [1.82, 2.24) is 20.0 Å². The van der Waals surface area contributed by atoms with E-state index >= 15 is 0 Å². The lowest BCUT2D eigenvalue weighted by molar-refractivity contribution is -0.303. The van der Waals surface area contributed by atoms with Gasteiger partial charge in [0.25, 0.3) is 0 Å². The monoisotopic (exact) mass is 520 g/mol. The average Bonchev–Trinajstić information content (AvgIpc) is 3.29. The summed E-state index contributed by atoms with van der Waals surface area (Å²) in [5, 5.41) is 3.44. The lowest BCUT2D eigenvalue weighted by Gasteiger charge is -2.49. The van der Waals surface area contributed by atoms with Crippen LogP contribution < -0.4 is 5.32 Å². The molecule has 0 bridgehead atoms. The number of ether oxygens (including phenoxy) is 2. The summed E-state index contributed by atoms with van der Waals surface area (Å²) in [7, 11) is 0. The molecule has 0 aromatic heterocycles. The molecule has 2 amide bonds. The number of rotatable bonds is 8. The second-order valence-corrected chi connectivity index (χ2v) is 12.9. The molecule has 8 nitrogen and oxygen atoms in total. The Morgan fingerprint density at radius 2 is 1.73 bits per heavy atom. The van der Waals surface area contributed by atoms with Gasteiger partial charge in [0.15, 0.2) is 5.79 Å². The average molecular weight is 521 g/mol. The van der Waals surface area contributed by atoms with Gasteiger partial charge in [0.05, 0.1) is 19.3 Å². The summed E-state index contributed by atoms with van der Waals surface area (Å²) >= 11 is 0. The fourth-order valence-electron chi connectivity index (χ4n) is 6.72. The van der Waals surface area contributed by atoms with Gasteiger partial charge in [0.2, 0.25) is 11.8 Å². The van der Waals surface area contributed by atoms with Crippen LogP contribution >= 0.6 is 0 Å². The number of nitrogens with one attached hydrogen (secondary N) is 1. The van der Waals surface area contributed by atoms with Crippen LogP contribution in [0.3, 0.4) is 0 Å². The van der Waals surface area contributed by atoms with Gasteiger partial charge in [-0.25, -0.2) is 0 Å². The van der Waals surface area contributed by atoms with Gasteiger partial charge in [-0.2, -0.15) is 0 Å². The third-order valence-electron chi connectivity index (χ3n) is 8.65. The first-order valence-corrected chi connectivity index (χ1v) is 15.0. The zero-order chi connectivity index (χ0) is 26.6. The second-order valence-electron chi connectivity index (χ2n) is 12.9. The van der Waals surface area contributed by atoms with E-state index in [0.29, 0.717) is 50.1 Å². The van der Waals surface area contributed by atoms with Crippen molar-refractivity contribution in [2.45, 2.75) is 103 Å². The van der Waals surface area contributed by atoms with E-state index in [1.807, 2.05) is 9.80 Å². The maximum absolute atomic E-state index is 14.1. The quantitative estimate of drug-likeness (QED) is 0.530. The van der Waals surface area contributed by atoms with Gasteiger partial charge >= 0.3 is 0 Å². The van der Waals surface area contributed by atoms with Crippen LogP contribution in [0.4, 0.5) is 0 Å². The number of piperidine rings is 1. The summed E-state index contributed by atoms with van der Waals surface area (Å²) < 4.78 is 12.8. The maximum Gasteiger partial charge on any atom is 0.245 e. The van der Waals surface area contributed by atoms with Crippen LogP contribution in [-0.4, -0.2) is 103 Å². The zero-order valence-corrected chi connectivity index (χ0v) is 24.0. The molecule has 4 aliphatic heterocycles. The molecule has 0 radical (unpaired) electrons. The Labute approximate surface area is 224 Å². The van der Waals surface area contributed by atoms with E-state index in [-0.39, 0.29) is 23.9 Å². The van der Waals surface area contributed by atoms with E-state index in [1.54, 1.807) is 0 Å². The van der Waals surface area contributed by atoms with E-state index in [4.69, 9.17) is 9.47 Å². The number of nitrogens with zero attached hydrogens (tertiary/aromatic N) is 3. The number of carbonyl (C=O) groups excluding carboxylic acids is 2. The minimum atomic E-state index is -0.573. The van der Waals surface area contributed by atoms with Gasteiger partial charge in [-0.1, -0.05) is 27.7 Å². The SMILES string of the molecule is CC(C)C[C@@H]1NCCCN([C@@H](CC(C)C)C(=O)N2CCC3(C[C@@H]2C)OCC(CN2CCCC2)CO3)C1=O. The predicted octanol–water partition coefficient (Wildman–Crippen LogP) is 3.10. The minimum Gasteiger partial charge on any atom is -0.349 e. The minimum absolute atomic E-state index is 0.0118. The molecule has 0 aromatic rings. The van der Waals surface area contributed by atoms with Crippen LogP contribution in [0.5, 0.6) is 0 Å². The number of likely N-dealkylation sites (tertiary alicyclic amines) is 2. The number of hydrogen-bond acceptors (Lipinski definition) is 6. The Morgan fingerprint density at radius 1 is 1.03 bits per heavy atom. The van der Waals surface area contributed by atoms with Gasteiger partial charge < -0.3 is 29.5 Å². The molecule has 4 rings (SSSR count). The van der Waals surface area contributed by atoms with Crippen LogP contribution in [-0.2, 0) is 19.1 Å². The van der Waals surface area contributed by atoms with Crippen molar-refractivity contribution in [3.8, 4) is 0 Å². The van der Waals surface area contributed by atoms with Gasteiger partial charge in [0.1, 0.15) is 6.04 Å². The van der Waals surface area contributed by atoms with Crippen molar-refractivity contribution in [3.63, 3.8) is 0 Å². The smallest absolute Gasteiger partial charge is 0.245 e. The molecule has 0 aromatic carbocycles. The summed E-state index contributed by atoms with van der Waals surface area (Å²) in [4.78, 5) is 34.1. The maximum atomic E-state index is 14.1. The van der Waals surface area contributed by atoms with Crippen molar-refractivity contribution >= 4 is 11.8 Å². The lowest BCUT2D eigenvalue weighted by Crippen LogP contribution is -2.61. The van der Waals surface area contributed by atoms with Crippen LogP contribution in [0.2, 0.25) is 0 Å². The Morgan fingerprint density at radius 3 is 2.35 bits per heavy atom. The molecule has 4 heterocycles. The molecule has 4 aliphatic rings. The summed E-state index contributed by atoms with van der Waals surface area (Å²) in [6, 6.07) is -0.598. The third-order valence-corrected chi connectivity index (χ3v) is 8.65. The normalized spacial score (nSPS) is 32.9. The first kappa shape index (κ1) is 28.8. The van der Waals surface area contributed by atoms with Crippen LogP contribution in [0, 0.1) is 17.8 Å². The largest absolute Gasteiger partial charge is 0.349 e. The molecule has 1 N–H and O–H groups in total. The second kappa shape index (κ2) is 12.8. The molecule has 1 spiro atoms. The molecule has 4 fully saturated rings. The lowest BCUT2D eigenvalue weighted by atomic mass is 9.92. The molecule has 3 atom stereocenters. The van der Waals surface area contributed by atoms with Crippen LogP contribution in [0.1, 0.15) is 79.6 Å². The van der Waals surface area contributed by atoms with E-state index in [0.717, 1.165) is 39.1 Å². The molecule has 212 valence electrons. The highest BCUT2D eigenvalue weighted by Gasteiger charge is 2.47. The summed E-state index contributed by atoms with van der Waals surface area (Å²) in [5.41, 5.74) is 0. The first-order chi connectivity index (χ1) is 17.7. The molecule has 0 unspecified atom stereocenters. The van der Waals surface area contributed by atoms with Crippen molar-refractivity contribution < 1.29 is 19.1 Å². The summed E-state index contributed by atoms with van der Waals surface area (Å²) in [5.74, 6) is 0.785. The first-order valence-electron chi connectivity index (χ1n) is 15.0. The van der Waals surface area contributed by atoms with E-state index in [1.165, 1.54) is 25.9 Å². The van der Waals surface area contributed by atoms with Crippen LogP contribution in [0.15, 0.2) is 0 Å². The van der Waals surface area contributed by atoms with Gasteiger partial charge in [-0.3, -0.25) is 9.59 Å². The summed E-state index contributed by atoms with van der Waals surface area (Å²) in [6.45, 7) is 17.7. The van der Waals surface area contributed by atoms with Gasteiger partial charge in [-0.15, -0.1) is 0 Å². The zero-order valence-electron chi connectivity index (χ0n) is 24.0. The standard InChI is InChI=1S/C29H52N4O4/c1-21(2)15-25-27(34)33(13-8-10-30-25)26(16-22(3)4)28(35)32-14-9-29(17-23(32)5)36-19-24(20-37-29)18-31-11-6-7-12-31/h21-26,30H,6-20H2,1-5H3/t23-,24?,25-,26-,29?/m0/s1. The van der Waals surface area contributed by atoms with E-state index < -0.39 is 11.8 Å². The molecular formula is C29H52N4O4. The highest BCUT2D eigenvalue weighted by Crippen LogP contribution is 2.36. The fourth-order valence-corrected chi connectivity index (χ4v) is 6.72. The van der Waals surface area contributed by atoms with Crippen molar-refractivity contribution in [1.29, 1.82) is 0 Å². The fraction of sp³-hybridized carbons (Fsp3) is 0.931.